The van der Waals surface area contributed by atoms with Crippen LogP contribution in [0, 0.1) is 0 Å². The van der Waals surface area contributed by atoms with Gasteiger partial charge in [-0.05, 0) is 25.5 Å². The van der Waals surface area contributed by atoms with E-state index in [1.165, 1.54) is 5.56 Å². The topological polar surface area (TPSA) is 82.1 Å². The van der Waals surface area contributed by atoms with Gasteiger partial charge >= 0.3 is 12.0 Å². The van der Waals surface area contributed by atoms with E-state index in [1.54, 1.807) is 16.8 Å². The molecule has 7 nitrogen and oxygen atoms in total. The van der Waals surface area contributed by atoms with Gasteiger partial charge in [-0.2, -0.15) is 0 Å². The summed E-state index contributed by atoms with van der Waals surface area (Å²) in [6, 6.07) is 10.1. The van der Waals surface area contributed by atoms with Crippen LogP contribution in [0.5, 0.6) is 0 Å². The largest absolute Gasteiger partial charge is 0.480 e. The van der Waals surface area contributed by atoms with Gasteiger partial charge in [0.2, 0.25) is 0 Å². The van der Waals surface area contributed by atoms with E-state index < -0.39 is 5.97 Å². The van der Waals surface area contributed by atoms with Gasteiger partial charge in [0.25, 0.3) is 0 Å². The lowest BCUT2D eigenvalue weighted by Gasteiger charge is -2.35. The monoisotopic (exact) mass is 363 g/mol. The van der Waals surface area contributed by atoms with Gasteiger partial charge in [-0.1, -0.05) is 37.3 Å². The SMILES string of the molecule is CCC(Cc1ccccc1)NC(=O)N1CCOC(CN(C)CC(=O)O)C1. The molecule has 0 bridgehead atoms. The van der Waals surface area contributed by atoms with Crippen LogP contribution in [-0.2, 0) is 16.0 Å². The first-order chi connectivity index (χ1) is 12.5. The highest BCUT2D eigenvalue weighted by atomic mass is 16.5. The summed E-state index contributed by atoms with van der Waals surface area (Å²) in [6.07, 6.45) is 1.49. The van der Waals surface area contributed by atoms with Crippen LogP contribution in [0.2, 0.25) is 0 Å². The Morgan fingerprint density at radius 2 is 2.12 bits per heavy atom. The number of benzene rings is 1. The fraction of sp³-hybridized carbons (Fsp3) is 0.579. The summed E-state index contributed by atoms with van der Waals surface area (Å²) in [6.45, 7) is 3.99. The molecule has 1 aliphatic rings. The second kappa shape index (κ2) is 10.1. The molecule has 1 saturated heterocycles. The van der Waals surface area contributed by atoms with Gasteiger partial charge in [-0.25, -0.2) is 4.79 Å². The fourth-order valence-corrected chi connectivity index (χ4v) is 3.12. The Morgan fingerprint density at radius 1 is 1.38 bits per heavy atom. The highest BCUT2D eigenvalue weighted by Crippen LogP contribution is 2.10. The van der Waals surface area contributed by atoms with Crippen molar-refractivity contribution >= 4 is 12.0 Å². The number of carboxylic acid groups (broad SMARTS) is 1. The zero-order valence-corrected chi connectivity index (χ0v) is 15.6. The zero-order valence-electron chi connectivity index (χ0n) is 15.6. The maximum Gasteiger partial charge on any atom is 0.317 e. The number of likely N-dealkylation sites (N-methyl/N-ethyl adjacent to an activating group) is 1. The predicted octanol–water partition coefficient (Wildman–Crippen LogP) is 1.43. The molecular weight excluding hydrogens is 334 g/mol. The molecule has 26 heavy (non-hydrogen) atoms. The third kappa shape index (κ3) is 6.65. The molecule has 0 spiro atoms. The number of nitrogens with zero attached hydrogens (tertiary/aromatic N) is 2. The Labute approximate surface area is 154 Å². The van der Waals surface area contributed by atoms with Crippen molar-refractivity contribution in [1.29, 1.82) is 0 Å². The fourth-order valence-electron chi connectivity index (χ4n) is 3.12. The van der Waals surface area contributed by atoms with Crippen LogP contribution in [-0.4, -0.2) is 78.9 Å². The van der Waals surface area contributed by atoms with E-state index in [4.69, 9.17) is 9.84 Å². The number of carboxylic acids is 1. The molecule has 1 fully saturated rings. The number of ether oxygens (including phenoxy) is 1. The van der Waals surface area contributed by atoms with Crippen molar-refractivity contribution in [2.45, 2.75) is 31.9 Å². The Kier molecular flexibility index (Phi) is 7.87. The van der Waals surface area contributed by atoms with Crippen LogP contribution in [0.3, 0.4) is 0 Å². The molecule has 1 aliphatic heterocycles. The minimum atomic E-state index is -0.871. The highest BCUT2D eigenvalue weighted by molar-refractivity contribution is 5.74. The Balaban J connectivity index is 1.84. The molecule has 0 radical (unpaired) electrons. The summed E-state index contributed by atoms with van der Waals surface area (Å²) < 4.78 is 5.68. The first-order valence-corrected chi connectivity index (χ1v) is 9.09. The Morgan fingerprint density at radius 3 is 2.77 bits per heavy atom. The lowest BCUT2D eigenvalue weighted by molar-refractivity contribution is -0.138. The van der Waals surface area contributed by atoms with E-state index >= 15 is 0 Å². The van der Waals surface area contributed by atoms with Crippen LogP contribution in [0.15, 0.2) is 30.3 Å². The lowest BCUT2D eigenvalue weighted by atomic mass is 10.0. The second-order valence-electron chi connectivity index (χ2n) is 6.77. The number of nitrogens with one attached hydrogen (secondary N) is 1. The van der Waals surface area contributed by atoms with E-state index in [1.807, 2.05) is 18.2 Å². The molecule has 2 N–H and O–H groups in total. The van der Waals surface area contributed by atoms with Crippen molar-refractivity contribution in [3.63, 3.8) is 0 Å². The van der Waals surface area contributed by atoms with Gasteiger partial charge in [0.15, 0.2) is 0 Å². The van der Waals surface area contributed by atoms with Gasteiger partial charge in [-0.15, -0.1) is 0 Å². The van der Waals surface area contributed by atoms with E-state index in [2.05, 4.69) is 24.4 Å². The molecule has 1 heterocycles. The number of urea groups is 1. The Hall–Kier alpha value is -2.12. The molecule has 2 amide bonds. The zero-order chi connectivity index (χ0) is 18.9. The smallest absolute Gasteiger partial charge is 0.317 e. The average Bonchev–Trinajstić information content (AvgIpc) is 2.61. The molecule has 0 aromatic heterocycles. The van der Waals surface area contributed by atoms with Gasteiger partial charge in [0, 0.05) is 25.7 Å². The van der Waals surface area contributed by atoms with Gasteiger partial charge in [0.1, 0.15) is 0 Å². The van der Waals surface area contributed by atoms with Gasteiger partial charge < -0.3 is 20.1 Å². The average molecular weight is 363 g/mol. The van der Waals surface area contributed by atoms with E-state index in [9.17, 15) is 9.59 Å². The second-order valence-corrected chi connectivity index (χ2v) is 6.77. The van der Waals surface area contributed by atoms with Crippen molar-refractivity contribution in [2.75, 3.05) is 39.8 Å². The van der Waals surface area contributed by atoms with E-state index in [-0.39, 0.29) is 24.7 Å². The summed E-state index contributed by atoms with van der Waals surface area (Å²) in [7, 11) is 1.74. The van der Waals surface area contributed by atoms with Crippen molar-refractivity contribution in [1.82, 2.24) is 15.1 Å². The molecule has 0 aliphatic carbocycles. The number of aliphatic carboxylic acids is 1. The Bertz CT molecular complexity index is 581. The van der Waals surface area contributed by atoms with Gasteiger partial charge in [0.05, 0.1) is 19.3 Å². The standard InChI is InChI=1S/C19H29N3O4/c1-3-16(11-15-7-5-4-6-8-15)20-19(25)22-9-10-26-17(13-22)12-21(2)14-18(23)24/h4-8,16-17H,3,9-14H2,1-2H3,(H,20,25)(H,23,24). The quantitative estimate of drug-likeness (QED) is 0.730. The molecule has 2 unspecified atom stereocenters. The van der Waals surface area contributed by atoms with Crippen LogP contribution in [0.25, 0.3) is 0 Å². The van der Waals surface area contributed by atoms with Crippen molar-refractivity contribution in [2.24, 2.45) is 0 Å². The summed E-state index contributed by atoms with van der Waals surface area (Å²) in [5, 5.41) is 12.0. The normalized spacial score (nSPS) is 18.6. The number of amides is 2. The van der Waals surface area contributed by atoms with Gasteiger partial charge in [-0.3, -0.25) is 9.69 Å². The molecule has 1 aromatic rings. The third-order valence-corrected chi connectivity index (χ3v) is 4.49. The maximum atomic E-state index is 12.6. The van der Waals surface area contributed by atoms with Crippen molar-refractivity contribution in [3.05, 3.63) is 35.9 Å². The molecule has 144 valence electrons. The molecule has 2 rings (SSSR count). The summed E-state index contributed by atoms with van der Waals surface area (Å²) in [5.74, 6) is -0.871. The van der Waals surface area contributed by atoms with Crippen molar-refractivity contribution < 1.29 is 19.4 Å². The molecule has 7 heteroatoms. The number of carbonyl (C=O) groups excluding carboxylic acids is 1. The summed E-state index contributed by atoms with van der Waals surface area (Å²) in [4.78, 5) is 26.8. The number of rotatable bonds is 8. The molecular formula is C19H29N3O4. The highest BCUT2D eigenvalue weighted by Gasteiger charge is 2.26. The number of hydrogen-bond donors (Lipinski definition) is 2. The van der Waals surface area contributed by atoms with Crippen LogP contribution in [0.1, 0.15) is 18.9 Å². The van der Waals surface area contributed by atoms with Crippen LogP contribution >= 0.6 is 0 Å². The molecule has 1 aromatic carbocycles. The maximum absolute atomic E-state index is 12.6. The van der Waals surface area contributed by atoms with Crippen molar-refractivity contribution in [3.8, 4) is 0 Å². The van der Waals surface area contributed by atoms with E-state index in [0.717, 1.165) is 12.8 Å². The minimum absolute atomic E-state index is 0.0406. The number of hydrogen-bond acceptors (Lipinski definition) is 4. The summed E-state index contributed by atoms with van der Waals surface area (Å²) >= 11 is 0. The van der Waals surface area contributed by atoms with E-state index in [0.29, 0.717) is 26.2 Å². The number of carbonyl (C=O) groups is 2. The third-order valence-electron chi connectivity index (χ3n) is 4.49. The van der Waals surface area contributed by atoms with Crippen LogP contribution in [0.4, 0.5) is 4.79 Å². The molecule has 2 atom stereocenters. The summed E-state index contributed by atoms with van der Waals surface area (Å²) in [5.41, 5.74) is 1.20. The van der Waals surface area contributed by atoms with Crippen LogP contribution < -0.4 is 5.32 Å². The minimum Gasteiger partial charge on any atom is -0.480 e. The lowest BCUT2D eigenvalue weighted by Crippen LogP contribution is -2.54. The first kappa shape index (κ1) is 20.2. The predicted molar refractivity (Wildman–Crippen MR) is 99.2 cm³/mol. The first-order valence-electron chi connectivity index (χ1n) is 9.09. The molecule has 0 saturated carbocycles. The number of morpholine rings is 1.